The van der Waals surface area contributed by atoms with Crippen LogP contribution in [0.25, 0.3) is 0 Å². The number of hydrogen-bond donors (Lipinski definition) is 2. The van der Waals surface area contributed by atoms with Crippen LogP contribution in [0.15, 0.2) is 24.5 Å². The molecule has 0 unspecified atom stereocenters. The summed E-state index contributed by atoms with van der Waals surface area (Å²) in [5, 5.41) is 12.1. The molecule has 0 radical (unpaired) electrons. The number of piperidine rings is 1. The van der Waals surface area contributed by atoms with E-state index in [2.05, 4.69) is 10.3 Å². The van der Waals surface area contributed by atoms with Gasteiger partial charge in [0, 0.05) is 39.1 Å². The van der Waals surface area contributed by atoms with Crippen molar-refractivity contribution in [3.05, 3.63) is 30.1 Å². The number of rotatable bonds is 7. The molecule has 136 valence electrons. The van der Waals surface area contributed by atoms with E-state index < -0.39 is 17.8 Å². The largest absolute Gasteiger partial charge is 0.481 e. The first-order valence-electron chi connectivity index (χ1n) is 8.17. The molecule has 25 heavy (non-hydrogen) atoms. The first kappa shape index (κ1) is 18.9. The summed E-state index contributed by atoms with van der Waals surface area (Å²) in [6.07, 6.45) is 3.68. The summed E-state index contributed by atoms with van der Waals surface area (Å²) in [5.41, 5.74) is 0.905. The van der Waals surface area contributed by atoms with Gasteiger partial charge >= 0.3 is 5.97 Å². The number of amides is 2. The fourth-order valence-corrected chi connectivity index (χ4v) is 2.85. The number of methoxy groups -OCH3 is 1. The second kappa shape index (κ2) is 9.12. The molecule has 2 amide bonds. The lowest BCUT2D eigenvalue weighted by Crippen LogP contribution is -2.50. The number of carbonyl (C=O) groups excluding carboxylic acids is 2. The molecule has 2 N–H and O–H groups in total. The Balaban J connectivity index is 1.98. The van der Waals surface area contributed by atoms with Crippen LogP contribution in [0.2, 0.25) is 0 Å². The summed E-state index contributed by atoms with van der Waals surface area (Å²) >= 11 is 0. The Morgan fingerprint density at radius 2 is 1.96 bits per heavy atom. The van der Waals surface area contributed by atoms with E-state index in [0.717, 1.165) is 5.56 Å². The fourth-order valence-electron chi connectivity index (χ4n) is 2.85. The number of aliphatic carboxylic acids is 1. The molecule has 0 aromatic carbocycles. The molecule has 1 aromatic heterocycles. The van der Waals surface area contributed by atoms with E-state index in [9.17, 15) is 19.5 Å². The van der Waals surface area contributed by atoms with Crippen LogP contribution in [0, 0.1) is 11.8 Å². The zero-order chi connectivity index (χ0) is 18.2. The van der Waals surface area contributed by atoms with E-state index in [1.807, 2.05) is 0 Å². The molecule has 1 aliphatic heterocycles. The summed E-state index contributed by atoms with van der Waals surface area (Å²) in [6, 6.07) is 3.59. The van der Waals surface area contributed by atoms with E-state index >= 15 is 0 Å². The molecule has 0 bridgehead atoms. The number of likely N-dealkylation sites (tertiary alicyclic amines) is 1. The quantitative estimate of drug-likeness (QED) is 0.732. The van der Waals surface area contributed by atoms with Crippen LogP contribution in [-0.2, 0) is 25.7 Å². The van der Waals surface area contributed by atoms with Crippen molar-refractivity contribution in [2.45, 2.75) is 19.4 Å². The Morgan fingerprint density at radius 1 is 1.28 bits per heavy atom. The maximum Gasteiger partial charge on any atom is 0.308 e. The number of aromatic nitrogens is 1. The van der Waals surface area contributed by atoms with E-state index in [1.54, 1.807) is 24.5 Å². The van der Waals surface area contributed by atoms with Crippen molar-refractivity contribution in [1.29, 1.82) is 0 Å². The SMILES string of the molecule is COCCC(=O)N1C[C@@H](C(=O)O)C[C@H](C(=O)NCc2ccncc2)C1. The molecular formula is C17H23N3O5. The van der Waals surface area contributed by atoms with Crippen LogP contribution in [0.4, 0.5) is 0 Å². The van der Waals surface area contributed by atoms with Crippen LogP contribution < -0.4 is 5.32 Å². The van der Waals surface area contributed by atoms with Gasteiger partial charge in [0.2, 0.25) is 11.8 Å². The molecule has 8 heteroatoms. The standard InChI is InChI=1S/C17H23N3O5/c1-25-7-4-15(21)20-10-13(8-14(11-20)17(23)24)16(22)19-9-12-2-5-18-6-3-12/h2-3,5-6,13-14H,4,7-11H2,1H3,(H,19,22)(H,23,24)/t13-,14-/m0/s1. The molecule has 8 nitrogen and oxygen atoms in total. The zero-order valence-corrected chi connectivity index (χ0v) is 14.2. The molecule has 2 heterocycles. The molecule has 2 atom stereocenters. The lowest BCUT2D eigenvalue weighted by Gasteiger charge is -2.35. The van der Waals surface area contributed by atoms with Crippen molar-refractivity contribution in [2.75, 3.05) is 26.8 Å². The van der Waals surface area contributed by atoms with Crippen molar-refractivity contribution < 1.29 is 24.2 Å². The monoisotopic (exact) mass is 349 g/mol. The minimum absolute atomic E-state index is 0.131. The lowest BCUT2D eigenvalue weighted by atomic mass is 9.88. The molecule has 1 aromatic rings. The lowest BCUT2D eigenvalue weighted by molar-refractivity contribution is -0.148. The Labute approximate surface area is 146 Å². The number of hydrogen-bond acceptors (Lipinski definition) is 5. The van der Waals surface area contributed by atoms with Gasteiger partial charge in [-0.3, -0.25) is 19.4 Å². The van der Waals surface area contributed by atoms with Crippen molar-refractivity contribution in [2.24, 2.45) is 11.8 Å². The molecule has 0 saturated carbocycles. The van der Waals surface area contributed by atoms with Crippen LogP contribution >= 0.6 is 0 Å². The normalized spacial score (nSPS) is 20.1. The molecular weight excluding hydrogens is 326 g/mol. The third kappa shape index (κ3) is 5.53. The van der Waals surface area contributed by atoms with Gasteiger partial charge in [-0.25, -0.2) is 0 Å². The maximum absolute atomic E-state index is 12.4. The van der Waals surface area contributed by atoms with Crippen LogP contribution in [0.3, 0.4) is 0 Å². The van der Waals surface area contributed by atoms with Gasteiger partial charge < -0.3 is 20.1 Å². The van der Waals surface area contributed by atoms with Gasteiger partial charge in [-0.05, 0) is 24.1 Å². The molecule has 1 saturated heterocycles. The molecule has 1 fully saturated rings. The van der Waals surface area contributed by atoms with Crippen LogP contribution in [0.5, 0.6) is 0 Å². The summed E-state index contributed by atoms with van der Waals surface area (Å²) in [7, 11) is 1.50. The summed E-state index contributed by atoms with van der Waals surface area (Å²) in [4.78, 5) is 41.4. The maximum atomic E-state index is 12.4. The first-order valence-corrected chi connectivity index (χ1v) is 8.17. The van der Waals surface area contributed by atoms with E-state index in [1.165, 1.54) is 12.0 Å². The number of ether oxygens (including phenoxy) is 1. The number of carboxylic acid groups (broad SMARTS) is 1. The van der Waals surface area contributed by atoms with E-state index in [4.69, 9.17) is 4.74 Å². The Kier molecular flexibility index (Phi) is 6.88. The summed E-state index contributed by atoms with van der Waals surface area (Å²) in [5.74, 6) is -2.71. The highest BCUT2D eigenvalue weighted by atomic mass is 16.5. The van der Waals surface area contributed by atoms with E-state index in [0.29, 0.717) is 6.54 Å². The van der Waals surface area contributed by atoms with Gasteiger partial charge in [0.05, 0.1) is 24.9 Å². The van der Waals surface area contributed by atoms with Gasteiger partial charge in [-0.2, -0.15) is 0 Å². The second-order valence-corrected chi connectivity index (χ2v) is 6.08. The van der Waals surface area contributed by atoms with Gasteiger partial charge in [-0.1, -0.05) is 0 Å². The highest BCUT2D eigenvalue weighted by Crippen LogP contribution is 2.23. The van der Waals surface area contributed by atoms with E-state index in [-0.39, 0.29) is 44.4 Å². The minimum atomic E-state index is -0.990. The number of pyridine rings is 1. The third-order valence-electron chi connectivity index (χ3n) is 4.26. The van der Waals surface area contributed by atoms with Gasteiger partial charge in [0.25, 0.3) is 0 Å². The number of carbonyl (C=O) groups is 3. The zero-order valence-electron chi connectivity index (χ0n) is 14.2. The highest BCUT2D eigenvalue weighted by molar-refractivity contribution is 5.83. The summed E-state index contributed by atoms with van der Waals surface area (Å²) in [6.45, 7) is 0.972. The second-order valence-electron chi connectivity index (χ2n) is 6.08. The number of nitrogens with zero attached hydrogens (tertiary/aromatic N) is 2. The molecule has 1 aliphatic rings. The molecule has 0 spiro atoms. The minimum Gasteiger partial charge on any atom is -0.481 e. The Morgan fingerprint density at radius 3 is 2.60 bits per heavy atom. The predicted octanol–water partition coefficient (Wildman–Crippen LogP) is 0.284. The topological polar surface area (TPSA) is 109 Å². The van der Waals surface area contributed by atoms with Gasteiger partial charge in [-0.15, -0.1) is 0 Å². The highest BCUT2D eigenvalue weighted by Gasteiger charge is 2.36. The average molecular weight is 349 g/mol. The van der Waals surface area contributed by atoms with Crippen molar-refractivity contribution >= 4 is 17.8 Å². The summed E-state index contributed by atoms with van der Waals surface area (Å²) < 4.78 is 4.89. The van der Waals surface area contributed by atoms with Crippen molar-refractivity contribution in [3.8, 4) is 0 Å². The van der Waals surface area contributed by atoms with Crippen molar-refractivity contribution in [3.63, 3.8) is 0 Å². The van der Waals surface area contributed by atoms with Gasteiger partial charge in [0.15, 0.2) is 0 Å². The Bertz CT molecular complexity index is 608. The third-order valence-corrected chi connectivity index (χ3v) is 4.26. The molecule has 2 rings (SSSR count). The smallest absolute Gasteiger partial charge is 0.308 e. The fraction of sp³-hybridized carbons (Fsp3) is 0.529. The van der Waals surface area contributed by atoms with Crippen LogP contribution in [-0.4, -0.2) is 59.6 Å². The Hall–Kier alpha value is -2.48. The number of nitrogens with one attached hydrogen (secondary N) is 1. The first-order chi connectivity index (χ1) is 12.0. The predicted molar refractivity (Wildman–Crippen MR) is 88.4 cm³/mol. The average Bonchev–Trinajstić information content (AvgIpc) is 2.64. The number of carboxylic acids is 1. The van der Waals surface area contributed by atoms with Gasteiger partial charge in [0.1, 0.15) is 0 Å². The molecule has 0 aliphatic carbocycles. The van der Waals surface area contributed by atoms with Crippen molar-refractivity contribution in [1.82, 2.24) is 15.2 Å². The van der Waals surface area contributed by atoms with Crippen LogP contribution in [0.1, 0.15) is 18.4 Å².